The first kappa shape index (κ1) is 19.2. The minimum absolute atomic E-state index is 0.0211. The van der Waals surface area contributed by atoms with Gasteiger partial charge in [0.25, 0.3) is 0 Å². The van der Waals surface area contributed by atoms with Gasteiger partial charge in [0, 0.05) is 25.1 Å². The molecule has 2 aromatic carbocycles. The minimum atomic E-state index is -0.568. The highest BCUT2D eigenvalue weighted by atomic mass is 19.1. The van der Waals surface area contributed by atoms with Gasteiger partial charge in [0.1, 0.15) is 17.3 Å². The monoisotopic (exact) mass is 360 g/mol. The third-order valence-corrected chi connectivity index (χ3v) is 3.61. The van der Waals surface area contributed by atoms with Crippen LogP contribution in [0.3, 0.4) is 0 Å². The summed E-state index contributed by atoms with van der Waals surface area (Å²) in [6.07, 6.45) is 0.711. The van der Waals surface area contributed by atoms with Crippen molar-refractivity contribution in [2.45, 2.75) is 19.8 Å². The summed E-state index contributed by atoms with van der Waals surface area (Å²) in [4.78, 5) is 23.2. The Morgan fingerprint density at radius 1 is 1.00 bits per heavy atom. The SMILES string of the molecule is COc1cc(CCC(=O)Nc2ccc(F)c(NC(C)=O)c2)cc(OC)c1. The second-order valence-electron chi connectivity index (χ2n) is 5.64. The molecule has 6 nitrogen and oxygen atoms in total. The molecule has 2 amide bonds. The molecule has 7 heteroatoms. The van der Waals surface area contributed by atoms with E-state index in [1.54, 1.807) is 20.3 Å². The van der Waals surface area contributed by atoms with Gasteiger partial charge in [-0.05, 0) is 42.3 Å². The van der Waals surface area contributed by atoms with Crippen LogP contribution in [0.25, 0.3) is 0 Å². The molecule has 0 saturated carbocycles. The highest BCUT2D eigenvalue weighted by molar-refractivity contribution is 5.93. The standard InChI is InChI=1S/C19H21FN2O4/c1-12(23)21-18-10-14(5-6-17(18)20)22-19(24)7-4-13-8-15(25-2)11-16(9-13)26-3/h5-6,8-11H,4,7H2,1-3H3,(H,21,23)(H,22,24). The maximum Gasteiger partial charge on any atom is 0.224 e. The van der Waals surface area contributed by atoms with Crippen molar-refractivity contribution in [2.24, 2.45) is 0 Å². The van der Waals surface area contributed by atoms with Gasteiger partial charge in [0.15, 0.2) is 0 Å². The van der Waals surface area contributed by atoms with Gasteiger partial charge in [-0.25, -0.2) is 4.39 Å². The molecule has 0 aliphatic rings. The summed E-state index contributed by atoms with van der Waals surface area (Å²) in [5.74, 6) is 0.115. The first-order chi connectivity index (χ1) is 12.4. The number of benzene rings is 2. The van der Waals surface area contributed by atoms with E-state index in [-0.39, 0.29) is 23.9 Å². The van der Waals surface area contributed by atoms with Crippen LogP contribution in [0.1, 0.15) is 18.9 Å². The summed E-state index contributed by atoms with van der Waals surface area (Å²) in [5.41, 5.74) is 1.32. The fraction of sp³-hybridized carbons (Fsp3) is 0.263. The highest BCUT2D eigenvalue weighted by Crippen LogP contribution is 2.24. The highest BCUT2D eigenvalue weighted by Gasteiger charge is 2.09. The molecule has 26 heavy (non-hydrogen) atoms. The van der Waals surface area contributed by atoms with E-state index in [1.807, 2.05) is 12.1 Å². The summed E-state index contributed by atoms with van der Waals surface area (Å²) in [6, 6.07) is 9.43. The predicted octanol–water partition coefficient (Wildman–Crippen LogP) is 3.37. The van der Waals surface area contributed by atoms with Gasteiger partial charge < -0.3 is 20.1 Å². The molecule has 0 heterocycles. The Bertz CT molecular complexity index is 786. The molecule has 0 bridgehead atoms. The van der Waals surface area contributed by atoms with Crippen LogP contribution < -0.4 is 20.1 Å². The van der Waals surface area contributed by atoms with Crippen molar-refractivity contribution in [3.05, 3.63) is 47.8 Å². The number of aryl methyl sites for hydroxylation is 1. The fourth-order valence-electron chi connectivity index (χ4n) is 2.38. The summed E-state index contributed by atoms with van der Waals surface area (Å²) in [6.45, 7) is 1.28. The van der Waals surface area contributed by atoms with E-state index in [2.05, 4.69) is 10.6 Å². The van der Waals surface area contributed by atoms with Gasteiger partial charge in [0.05, 0.1) is 19.9 Å². The quantitative estimate of drug-likeness (QED) is 0.794. The lowest BCUT2D eigenvalue weighted by Crippen LogP contribution is -2.13. The predicted molar refractivity (Wildman–Crippen MR) is 97.2 cm³/mol. The van der Waals surface area contributed by atoms with Crippen LogP contribution >= 0.6 is 0 Å². The van der Waals surface area contributed by atoms with Crippen molar-refractivity contribution in [1.82, 2.24) is 0 Å². The molecular weight excluding hydrogens is 339 g/mol. The van der Waals surface area contributed by atoms with Crippen LogP contribution in [-0.2, 0) is 16.0 Å². The van der Waals surface area contributed by atoms with Crippen molar-refractivity contribution < 1.29 is 23.5 Å². The number of amides is 2. The first-order valence-electron chi connectivity index (χ1n) is 8.00. The van der Waals surface area contributed by atoms with Gasteiger partial charge in [0.2, 0.25) is 11.8 Å². The van der Waals surface area contributed by atoms with E-state index in [9.17, 15) is 14.0 Å². The zero-order valence-electron chi connectivity index (χ0n) is 14.9. The van der Waals surface area contributed by atoms with Crippen molar-refractivity contribution in [3.63, 3.8) is 0 Å². The van der Waals surface area contributed by atoms with Gasteiger partial charge in [-0.1, -0.05) is 0 Å². The van der Waals surface area contributed by atoms with E-state index in [0.717, 1.165) is 5.56 Å². The first-order valence-corrected chi connectivity index (χ1v) is 8.00. The minimum Gasteiger partial charge on any atom is -0.497 e. The molecule has 2 rings (SSSR count). The lowest BCUT2D eigenvalue weighted by Gasteiger charge is -2.10. The average Bonchev–Trinajstić information content (AvgIpc) is 2.62. The van der Waals surface area contributed by atoms with E-state index in [4.69, 9.17) is 9.47 Å². The van der Waals surface area contributed by atoms with Crippen LogP contribution in [0, 0.1) is 5.82 Å². The smallest absolute Gasteiger partial charge is 0.224 e. The van der Waals surface area contributed by atoms with Crippen molar-refractivity contribution in [2.75, 3.05) is 24.9 Å². The molecular formula is C19H21FN2O4. The van der Waals surface area contributed by atoms with Gasteiger partial charge >= 0.3 is 0 Å². The third-order valence-electron chi connectivity index (χ3n) is 3.61. The summed E-state index contributed by atoms with van der Waals surface area (Å²) < 4.78 is 24.0. The lowest BCUT2D eigenvalue weighted by molar-refractivity contribution is -0.116. The number of anilines is 2. The van der Waals surface area contributed by atoms with E-state index in [0.29, 0.717) is 23.6 Å². The number of carbonyl (C=O) groups excluding carboxylic acids is 2. The number of hydrogen-bond donors (Lipinski definition) is 2. The van der Waals surface area contributed by atoms with Crippen LogP contribution in [0.4, 0.5) is 15.8 Å². The van der Waals surface area contributed by atoms with Crippen LogP contribution in [-0.4, -0.2) is 26.0 Å². The van der Waals surface area contributed by atoms with Crippen LogP contribution in [0.5, 0.6) is 11.5 Å². The summed E-state index contributed by atoms with van der Waals surface area (Å²) >= 11 is 0. The maximum absolute atomic E-state index is 13.6. The van der Waals surface area contributed by atoms with E-state index >= 15 is 0 Å². The molecule has 0 aliphatic heterocycles. The average molecular weight is 360 g/mol. The number of halogens is 1. The Hall–Kier alpha value is -3.09. The number of hydrogen-bond acceptors (Lipinski definition) is 4. The Kier molecular flexibility index (Phi) is 6.54. The van der Waals surface area contributed by atoms with Crippen molar-refractivity contribution >= 4 is 23.2 Å². The fourth-order valence-corrected chi connectivity index (χ4v) is 2.38. The molecule has 138 valence electrons. The number of ether oxygens (including phenoxy) is 2. The van der Waals surface area contributed by atoms with Crippen LogP contribution in [0.2, 0.25) is 0 Å². The zero-order valence-corrected chi connectivity index (χ0v) is 14.9. The molecule has 0 spiro atoms. The molecule has 2 N–H and O–H groups in total. The number of methoxy groups -OCH3 is 2. The van der Waals surface area contributed by atoms with Gasteiger partial charge in [-0.3, -0.25) is 9.59 Å². The molecule has 0 atom stereocenters. The van der Waals surface area contributed by atoms with Gasteiger partial charge in [-0.15, -0.1) is 0 Å². The Morgan fingerprint density at radius 3 is 2.23 bits per heavy atom. The van der Waals surface area contributed by atoms with Crippen molar-refractivity contribution in [3.8, 4) is 11.5 Å². The third kappa shape index (κ3) is 5.47. The molecule has 0 aromatic heterocycles. The number of nitrogens with one attached hydrogen (secondary N) is 2. The molecule has 0 radical (unpaired) electrons. The van der Waals surface area contributed by atoms with Crippen molar-refractivity contribution in [1.29, 1.82) is 0 Å². The molecule has 0 aliphatic carbocycles. The zero-order chi connectivity index (χ0) is 19.1. The molecule has 0 saturated heterocycles. The summed E-state index contributed by atoms with van der Waals surface area (Å²) in [7, 11) is 3.12. The Morgan fingerprint density at radius 2 is 1.65 bits per heavy atom. The normalized spacial score (nSPS) is 10.2. The van der Waals surface area contributed by atoms with E-state index in [1.165, 1.54) is 25.1 Å². The lowest BCUT2D eigenvalue weighted by atomic mass is 10.1. The summed E-state index contributed by atoms with van der Waals surface area (Å²) in [5, 5.41) is 5.07. The molecule has 2 aromatic rings. The Balaban J connectivity index is 2.00. The van der Waals surface area contributed by atoms with Gasteiger partial charge in [-0.2, -0.15) is 0 Å². The Labute approximate surface area is 151 Å². The van der Waals surface area contributed by atoms with Crippen LogP contribution in [0.15, 0.2) is 36.4 Å². The number of rotatable bonds is 7. The van der Waals surface area contributed by atoms with E-state index < -0.39 is 5.82 Å². The topological polar surface area (TPSA) is 76.7 Å². The maximum atomic E-state index is 13.6. The molecule has 0 unspecified atom stereocenters. The largest absolute Gasteiger partial charge is 0.497 e. The number of carbonyl (C=O) groups is 2. The second-order valence-corrected chi connectivity index (χ2v) is 5.64. The molecule has 0 fully saturated rings. The second kappa shape index (κ2) is 8.84.